The van der Waals surface area contributed by atoms with E-state index in [0.717, 1.165) is 19.4 Å². The lowest BCUT2D eigenvalue weighted by Crippen LogP contribution is -2.59. The van der Waals surface area contributed by atoms with Crippen molar-refractivity contribution in [3.63, 3.8) is 0 Å². The number of likely N-dealkylation sites (tertiary alicyclic amines) is 1. The molecular weight excluding hydrogens is 318 g/mol. The van der Waals surface area contributed by atoms with E-state index in [4.69, 9.17) is 0 Å². The Morgan fingerprint density at radius 3 is 2.85 bits per heavy atom. The summed E-state index contributed by atoms with van der Waals surface area (Å²) in [4.78, 5) is 2.75. The minimum atomic E-state index is 0.0545. The molecule has 0 spiro atoms. The lowest BCUT2D eigenvalue weighted by molar-refractivity contribution is 0.0251. The van der Waals surface area contributed by atoms with Crippen LogP contribution in [0.25, 0.3) is 0 Å². The summed E-state index contributed by atoms with van der Waals surface area (Å²) in [6.45, 7) is 4.71. The topological polar surface area (TPSA) is 23.5 Å². The summed E-state index contributed by atoms with van der Waals surface area (Å²) in [6, 6.07) is 17.5. The lowest BCUT2D eigenvalue weighted by Gasteiger charge is -2.56. The van der Waals surface area contributed by atoms with Gasteiger partial charge >= 0.3 is 0 Å². The highest BCUT2D eigenvalue weighted by Crippen LogP contribution is 2.52. The van der Waals surface area contributed by atoms with Gasteiger partial charge in [-0.15, -0.1) is 0 Å². The van der Waals surface area contributed by atoms with Crippen LogP contribution in [-0.4, -0.2) is 29.1 Å². The van der Waals surface area contributed by atoms with E-state index >= 15 is 0 Å². The second kappa shape index (κ2) is 5.99. The van der Waals surface area contributed by atoms with Crippen LogP contribution in [0.3, 0.4) is 0 Å². The van der Waals surface area contributed by atoms with Crippen LogP contribution in [-0.2, 0) is 18.3 Å². The van der Waals surface area contributed by atoms with Gasteiger partial charge in [0.25, 0.3) is 0 Å². The number of phenols is 1. The van der Waals surface area contributed by atoms with Crippen LogP contribution in [0.15, 0.2) is 60.7 Å². The number of hydrogen-bond donors (Lipinski definition) is 1. The molecule has 3 unspecified atom stereocenters. The molecule has 3 aliphatic rings. The number of allylic oxidation sites excluding steroid dienone is 1. The standard InChI is InChI=1S/C24H27NO/c1-24-11-9-18-13-22(24)23(14-19-7-8-20(26)15-21(19)24)25(16-18)12-10-17-5-3-2-4-6-17/h2-9,11,15,18,22-23,26H,10,12-14,16H2,1H3/t18?,22?,23?,24-/m1/s1. The second-order valence-electron chi connectivity index (χ2n) is 8.59. The first-order valence-electron chi connectivity index (χ1n) is 9.93. The average Bonchev–Trinajstić information content (AvgIpc) is 2.67. The Balaban J connectivity index is 1.48. The van der Waals surface area contributed by atoms with Gasteiger partial charge in [-0.25, -0.2) is 0 Å². The van der Waals surface area contributed by atoms with Gasteiger partial charge in [0.05, 0.1) is 0 Å². The molecule has 0 radical (unpaired) electrons. The van der Waals surface area contributed by atoms with Gasteiger partial charge in [-0.1, -0.05) is 55.5 Å². The third-order valence-corrected chi connectivity index (χ3v) is 7.08. The molecule has 1 fully saturated rings. The summed E-state index contributed by atoms with van der Waals surface area (Å²) < 4.78 is 0. The molecule has 1 saturated heterocycles. The van der Waals surface area contributed by atoms with E-state index in [1.807, 2.05) is 12.1 Å². The molecule has 134 valence electrons. The van der Waals surface area contributed by atoms with E-state index in [-0.39, 0.29) is 5.41 Å². The Kier molecular flexibility index (Phi) is 3.72. The number of fused-ring (bicyclic) bond motifs is 3. The fourth-order valence-electron chi connectivity index (χ4n) is 5.70. The van der Waals surface area contributed by atoms with Crippen molar-refractivity contribution in [3.05, 3.63) is 77.4 Å². The fraction of sp³-hybridized carbons (Fsp3) is 0.417. The SMILES string of the molecule is C[C@]12C=CC3CC1C(Cc1ccc(O)cc12)N(CCc1ccccc1)C3. The lowest BCUT2D eigenvalue weighted by atomic mass is 9.55. The zero-order valence-corrected chi connectivity index (χ0v) is 15.4. The maximum Gasteiger partial charge on any atom is 0.115 e. The van der Waals surface area contributed by atoms with E-state index in [9.17, 15) is 5.11 Å². The Hall–Kier alpha value is -2.06. The molecule has 2 nitrogen and oxygen atoms in total. The average molecular weight is 345 g/mol. The van der Waals surface area contributed by atoms with Crippen molar-refractivity contribution in [3.8, 4) is 5.75 Å². The highest BCUT2D eigenvalue weighted by Gasteiger charge is 2.50. The third kappa shape index (κ3) is 2.51. The van der Waals surface area contributed by atoms with Crippen molar-refractivity contribution in [2.45, 2.75) is 37.6 Å². The van der Waals surface area contributed by atoms with Gasteiger partial charge in [0.15, 0.2) is 0 Å². The van der Waals surface area contributed by atoms with E-state index in [1.165, 1.54) is 29.7 Å². The molecule has 1 N–H and O–H groups in total. The van der Waals surface area contributed by atoms with Crippen LogP contribution in [0.1, 0.15) is 30.0 Å². The van der Waals surface area contributed by atoms with Gasteiger partial charge < -0.3 is 5.11 Å². The van der Waals surface area contributed by atoms with Gasteiger partial charge in [-0.05, 0) is 59.9 Å². The molecule has 4 atom stereocenters. The van der Waals surface area contributed by atoms with Gasteiger partial charge in [0, 0.05) is 24.5 Å². The number of hydrogen-bond acceptors (Lipinski definition) is 2. The molecule has 2 aliphatic carbocycles. The summed E-state index contributed by atoms with van der Waals surface area (Å²) in [6.07, 6.45) is 8.42. The Morgan fingerprint density at radius 1 is 1.15 bits per heavy atom. The molecule has 0 amide bonds. The first-order chi connectivity index (χ1) is 12.6. The van der Waals surface area contributed by atoms with Crippen LogP contribution in [0, 0.1) is 11.8 Å². The normalized spacial score (nSPS) is 32.3. The minimum absolute atomic E-state index is 0.0545. The Morgan fingerprint density at radius 2 is 2.00 bits per heavy atom. The Labute approximate surface area is 156 Å². The highest BCUT2D eigenvalue weighted by atomic mass is 16.3. The third-order valence-electron chi connectivity index (χ3n) is 7.08. The van der Waals surface area contributed by atoms with E-state index in [0.29, 0.717) is 23.6 Å². The predicted molar refractivity (Wildman–Crippen MR) is 105 cm³/mol. The van der Waals surface area contributed by atoms with Crippen molar-refractivity contribution >= 4 is 0 Å². The number of phenolic OH excluding ortho intramolecular Hbond substituents is 1. The van der Waals surface area contributed by atoms with Gasteiger partial charge in [0.1, 0.15) is 5.75 Å². The van der Waals surface area contributed by atoms with Crippen molar-refractivity contribution in [2.75, 3.05) is 13.1 Å². The molecular formula is C24H27NO. The van der Waals surface area contributed by atoms with Crippen LogP contribution in [0.5, 0.6) is 5.75 Å². The Bertz CT molecular complexity index is 843. The second-order valence-corrected chi connectivity index (χ2v) is 8.59. The summed E-state index contributed by atoms with van der Waals surface area (Å²) >= 11 is 0. The van der Waals surface area contributed by atoms with E-state index in [1.54, 1.807) is 0 Å². The largest absolute Gasteiger partial charge is 0.508 e. The van der Waals surface area contributed by atoms with Gasteiger partial charge in [-0.3, -0.25) is 4.90 Å². The number of nitrogens with zero attached hydrogens (tertiary/aromatic N) is 1. The summed E-state index contributed by atoms with van der Waals surface area (Å²) in [7, 11) is 0. The molecule has 5 rings (SSSR count). The molecule has 1 heterocycles. The predicted octanol–water partition coefficient (Wildman–Crippen LogP) is 4.33. The quantitative estimate of drug-likeness (QED) is 0.837. The van der Waals surface area contributed by atoms with Crippen molar-refractivity contribution in [2.24, 2.45) is 11.8 Å². The van der Waals surface area contributed by atoms with E-state index in [2.05, 4.69) is 60.4 Å². The fourth-order valence-corrected chi connectivity index (χ4v) is 5.70. The van der Waals surface area contributed by atoms with Crippen LogP contribution < -0.4 is 0 Å². The van der Waals surface area contributed by atoms with Crippen LogP contribution >= 0.6 is 0 Å². The monoisotopic (exact) mass is 345 g/mol. The van der Waals surface area contributed by atoms with Crippen molar-refractivity contribution in [1.82, 2.24) is 4.90 Å². The first-order valence-corrected chi connectivity index (χ1v) is 9.93. The molecule has 2 heteroatoms. The van der Waals surface area contributed by atoms with E-state index < -0.39 is 0 Å². The smallest absolute Gasteiger partial charge is 0.115 e. The first kappa shape index (κ1) is 16.1. The van der Waals surface area contributed by atoms with Crippen molar-refractivity contribution < 1.29 is 5.11 Å². The molecule has 2 bridgehead atoms. The minimum Gasteiger partial charge on any atom is -0.508 e. The number of rotatable bonds is 3. The van der Waals surface area contributed by atoms with Crippen LogP contribution in [0.4, 0.5) is 0 Å². The molecule has 2 aromatic rings. The maximum atomic E-state index is 10.1. The maximum absolute atomic E-state index is 10.1. The summed E-state index contributed by atoms with van der Waals surface area (Å²) in [5.74, 6) is 1.73. The summed E-state index contributed by atoms with van der Waals surface area (Å²) in [5, 5.41) is 10.1. The number of benzene rings is 2. The van der Waals surface area contributed by atoms with Gasteiger partial charge in [0.2, 0.25) is 0 Å². The summed E-state index contributed by atoms with van der Waals surface area (Å²) in [5.41, 5.74) is 4.25. The van der Waals surface area contributed by atoms with Gasteiger partial charge in [-0.2, -0.15) is 0 Å². The van der Waals surface area contributed by atoms with Crippen LogP contribution in [0.2, 0.25) is 0 Å². The molecule has 1 aliphatic heterocycles. The molecule has 0 saturated carbocycles. The molecule has 26 heavy (non-hydrogen) atoms. The zero-order chi connectivity index (χ0) is 17.7. The molecule has 2 aromatic carbocycles. The number of aromatic hydroxyl groups is 1. The highest BCUT2D eigenvalue weighted by molar-refractivity contribution is 5.47. The number of piperidine rings is 1. The molecule has 0 aromatic heterocycles. The zero-order valence-electron chi connectivity index (χ0n) is 15.4. The van der Waals surface area contributed by atoms with Crippen molar-refractivity contribution in [1.29, 1.82) is 0 Å².